The van der Waals surface area contributed by atoms with E-state index in [2.05, 4.69) is 0 Å². The molecule has 3 heterocycles. The number of aromatic hydroxyl groups is 2. The topological polar surface area (TPSA) is 268 Å². The maximum atomic E-state index is 13.0. The lowest BCUT2D eigenvalue weighted by atomic mass is 9.98. The van der Waals surface area contributed by atoms with Gasteiger partial charge in [0.1, 0.15) is 77.1 Å². The largest absolute Gasteiger partial charge is 0.507 e. The normalized spacial score (nSPS) is 31.5. The van der Waals surface area contributed by atoms with Crippen molar-refractivity contribution in [3.63, 3.8) is 0 Å². The Morgan fingerprint density at radius 3 is 1.93 bits per heavy atom. The smallest absolute Gasteiger partial charge is 0.229 e. The van der Waals surface area contributed by atoms with E-state index in [1.807, 2.05) is 0 Å². The van der Waals surface area contributed by atoms with E-state index in [1.165, 1.54) is 32.4 Å². The number of benzene rings is 2. The second-order valence-electron chi connectivity index (χ2n) is 10.7. The number of aliphatic hydroxyl groups excluding tert-OH is 7. The number of ether oxygens (including phenoxy) is 6. The van der Waals surface area contributed by atoms with Crippen molar-refractivity contribution in [1.29, 1.82) is 0 Å². The lowest BCUT2D eigenvalue weighted by Crippen LogP contribution is -2.62. The van der Waals surface area contributed by atoms with Crippen LogP contribution in [0.1, 0.15) is 0 Å². The number of phenols is 2. The minimum absolute atomic E-state index is 0.00329. The lowest BCUT2D eigenvalue weighted by molar-refractivity contribution is -0.323. The van der Waals surface area contributed by atoms with Crippen molar-refractivity contribution in [1.82, 2.24) is 0 Å². The molecule has 5 rings (SSSR count). The Bertz CT molecular complexity index is 1560. The fraction of sp³-hybridized carbons (Fsp3) is 0.483. The number of fused-ring (bicyclic) bond motifs is 1. The number of hydrogen-bond acceptors (Lipinski definition) is 17. The molecule has 46 heavy (non-hydrogen) atoms. The molecule has 0 unspecified atom stereocenters. The highest BCUT2D eigenvalue weighted by molar-refractivity contribution is 5.86. The van der Waals surface area contributed by atoms with E-state index >= 15 is 0 Å². The Labute approximate surface area is 259 Å². The minimum Gasteiger partial charge on any atom is -0.507 e. The van der Waals surface area contributed by atoms with E-state index in [-0.39, 0.29) is 45.3 Å². The van der Waals surface area contributed by atoms with Gasteiger partial charge in [-0.05, 0) is 12.1 Å². The van der Waals surface area contributed by atoms with E-state index < -0.39 is 85.8 Å². The summed E-state index contributed by atoms with van der Waals surface area (Å²) < 4.78 is 38.2. The van der Waals surface area contributed by atoms with Gasteiger partial charge in [0.25, 0.3) is 0 Å². The standard InChI is InChI=1S/C29H34O17/c1-40-16-3-10(4-17(41-2)21(16)33)14-7-13(32)20-12(31)5-11(6-15(20)44-14)43-29-27(39)25(37)23(35)19(46-29)9-42-28-26(38)24(36)22(34)18(8-30)45-28/h3-7,18-19,22-31,33-39H,8-9H2,1-2H3/t18-,19-,22-,23-,24-,25-,26+,27-,28+,29-/m0/s1. The Morgan fingerprint density at radius 2 is 1.33 bits per heavy atom. The average molecular weight is 655 g/mol. The molecule has 252 valence electrons. The second kappa shape index (κ2) is 13.5. The molecule has 0 radical (unpaired) electrons. The molecular weight excluding hydrogens is 620 g/mol. The van der Waals surface area contributed by atoms with Crippen LogP contribution in [0.25, 0.3) is 22.3 Å². The molecular formula is C29H34O17. The molecule has 3 aromatic rings. The third-order valence-corrected chi connectivity index (χ3v) is 7.74. The van der Waals surface area contributed by atoms with Gasteiger partial charge in [-0.2, -0.15) is 0 Å². The van der Waals surface area contributed by atoms with E-state index in [0.29, 0.717) is 0 Å². The van der Waals surface area contributed by atoms with Crippen LogP contribution in [0.5, 0.6) is 28.7 Å². The average Bonchev–Trinajstić information content (AvgIpc) is 3.03. The zero-order chi connectivity index (χ0) is 33.4. The number of hydrogen-bond donors (Lipinski definition) is 9. The van der Waals surface area contributed by atoms with E-state index in [9.17, 15) is 50.8 Å². The summed E-state index contributed by atoms with van der Waals surface area (Å²) in [6.07, 6.45) is -16.4. The van der Waals surface area contributed by atoms with E-state index in [1.54, 1.807) is 0 Å². The van der Waals surface area contributed by atoms with Crippen molar-refractivity contribution in [2.24, 2.45) is 0 Å². The first kappa shape index (κ1) is 33.6. The third-order valence-electron chi connectivity index (χ3n) is 7.74. The van der Waals surface area contributed by atoms with Crippen molar-refractivity contribution in [2.75, 3.05) is 27.4 Å². The molecule has 0 amide bonds. The molecule has 0 aliphatic carbocycles. The quantitative estimate of drug-likeness (QED) is 0.119. The van der Waals surface area contributed by atoms with Crippen molar-refractivity contribution in [2.45, 2.75) is 61.4 Å². The first-order valence-electron chi connectivity index (χ1n) is 13.9. The van der Waals surface area contributed by atoms with Gasteiger partial charge in [-0.1, -0.05) is 0 Å². The van der Waals surface area contributed by atoms with Crippen LogP contribution < -0.4 is 19.6 Å². The maximum absolute atomic E-state index is 13.0. The fourth-order valence-electron chi connectivity index (χ4n) is 5.17. The molecule has 2 aromatic carbocycles. The number of phenolic OH excluding ortho intramolecular Hbond substituents is 2. The Hall–Kier alpha value is -3.75. The highest BCUT2D eigenvalue weighted by Gasteiger charge is 2.48. The van der Waals surface area contributed by atoms with Gasteiger partial charge in [0.05, 0.1) is 27.4 Å². The van der Waals surface area contributed by atoms with Crippen LogP contribution in [0.3, 0.4) is 0 Å². The lowest BCUT2D eigenvalue weighted by Gasteiger charge is -2.42. The number of rotatable bonds is 9. The Balaban J connectivity index is 1.38. The molecule has 1 aromatic heterocycles. The van der Waals surface area contributed by atoms with Crippen LogP contribution in [0.2, 0.25) is 0 Å². The first-order chi connectivity index (χ1) is 21.9. The van der Waals surface area contributed by atoms with Crippen LogP contribution in [-0.2, 0) is 14.2 Å². The van der Waals surface area contributed by atoms with Gasteiger partial charge in [-0.25, -0.2) is 0 Å². The predicted molar refractivity (Wildman–Crippen MR) is 151 cm³/mol. The molecule has 2 saturated heterocycles. The molecule has 2 aliphatic rings. The SMILES string of the molecule is COc1cc(-c2cc(=O)c3c(O)cc(O[C@H]4O[C@@H](CO[C@@H]5O[C@@H](CO)[C@H](O)[C@H](O)[C@H]5O)[C@H](O)[C@H](O)[C@@H]4O)cc3o2)cc(OC)c1O. The predicted octanol–water partition coefficient (Wildman–Crippen LogP) is -2.11. The second-order valence-corrected chi connectivity index (χ2v) is 10.7. The van der Waals surface area contributed by atoms with Gasteiger partial charge in [-0.3, -0.25) is 4.79 Å². The van der Waals surface area contributed by atoms with Crippen LogP contribution in [0.4, 0.5) is 0 Å². The molecule has 9 N–H and O–H groups in total. The van der Waals surface area contributed by atoms with Gasteiger partial charge < -0.3 is 78.8 Å². The molecule has 0 spiro atoms. The Kier molecular flexibility index (Phi) is 9.89. The van der Waals surface area contributed by atoms with Gasteiger partial charge in [0.15, 0.2) is 23.2 Å². The van der Waals surface area contributed by atoms with E-state index in [4.69, 9.17) is 32.8 Å². The van der Waals surface area contributed by atoms with Crippen LogP contribution in [0, 0.1) is 0 Å². The zero-order valence-corrected chi connectivity index (χ0v) is 24.4. The zero-order valence-electron chi connectivity index (χ0n) is 24.4. The fourth-order valence-corrected chi connectivity index (χ4v) is 5.17. The highest BCUT2D eigenvalue weighted by Crippen LogP contribution is 2.41. The Morgan fingerprint density at radius 1 is 0.739 bits per heavy atom. The highest BCUT2D eigenvalue weighted by atomic mass is 16.7. The summed E-state index contributed by atoms with van der Waals surface area (Å²) in [6.45, 7) is -1.29. The molecule has 17 nitrogen and oxygen atoms in total. The summed E-state index contributed by atoms with van der Waals surface area (Å²) in [7, 11) is 2.64. The summed E-state index contributed by atoms with van der Waals surface area (Å²) in [5.74, 6) is -0.948. The number of aliphatic hydroxyl groups is 7. The van der Waals surface area contributed by atoms with Gasteiger partial charge in [0.2, 0.25) is 12.0 Å². The van der Waals surface area contributed by atoms with Crippen LogP contribution in [-0.4, -0.2) is 135 Å². The minimum atomic E-state index is -1.83. The molecule has 10 atom stereocenters. The van der Waals surface area contributed by atoms with Gasteiger partial charge >= 0.3 is 0 Å². The monoisotopic (exact) mass is 654 g/mol. The molecule has 17 heteroatoms. The van der Waals surface area contributed by atoms with Crippen molar-refractivity contribution in [3.05, 3.63) is 40.6 Å². The first-order valence-corrected chi connectivity index (χ1v) is 13.9. The molecule has 2 fully saturated rings. The molecule has 0 bridgehead atoms. The third kappa shape index (κ3) is 6.29. The van der Waals surface area contributed by atoms with Crippen molar-refractivity contribution < 1.29 is 78.8 Å². The van der Waals surface area contributed by atoms with Gasteiger partial charge in [-0.15, -0.1) is 0 Å². The van der Waals surface area contributed by atoms with E-state index in [0.717, 1.165) is 12.1 Å². The maximum Gasteiger partial charge on any atom is 0.229 e. The number of methoxy groups -OCH3 is 2. The summed E-state index contributed by atoms with van der Waals surface area (Å²) in [5, 5.41) is 91.8. The summed E-state index contributed by atoms with van der Waals surface area (Å²) in [4.78, 5) is 13.0. The summed E-state index contributed by atoms with van der Waals surface area (Å²) in [5.41, 5.74) is -0.511. The van der Waals surface area contributed by atoms with Crippen molar-refractivity contribution in [3.8, 4) is 40.1 Å². The van der Waals surface area contributed by atoms with Crippen LogP contribution in [0.15, 0.2) is 39.5 Å². The summed E-state index contributed by atoms with van der Waals surface area (Å²) in [6, 6.07) is 6.15. The van der Waals surface area contributed by atoms with Crippen LogP contribution >= 0.6 is 0 Å². The molecule has 0 saturated carbocycles. The van der Waals surface area contributed by atoms with Gasteiger partial charge in [0, 0.05) is 23.8 Å². The van der Waals surface area contributed by atoms with Crippen molar-refractivity contribution >= 4 is 11.0 Å². The summed E-state index contributed by atoms with van der Waals surface area (Å²) >= 11 is 0. The molecule has 2 aliphatic heterocycles.